The van der Waals surface area contributed by atoms with Crippen molar-refractivity contribution < 1.29 is 13.9 Å². The molecule has 0 atom stereocenters. The number of carbonyl (C=O) groups is 1. The van der Waals surface area contributed by atoms with Gasteiger partial charge in [0.1, 0.15) is 5.69 Å². The van der Waals surface area contributed by atoms with Gasteiger partial charge in [0.05, 0.1) is 29.8 Å². The van der Waals surface area contributed by atoms with Crippen molar-refractivity contribution in [3.05, 3.63) is 132 Å². The number of hydrogen-bond donors (Lipinski definition) is 0. The molecule has 8 heteroatoms. The van der Waals surface area contributed by atoms with E-state index >= 15 is 0 Å². The number of hydrogen-bond acceptors (Lipinski definition) is 6. The summed E-state index contributed by atoms with van der Waals surface area (Å²) in [4.78, 5) is 15.1. The van der Waals surface area contributed by atoms with Gasteiger partial charge in [0.15, 0.2) is 17.1 Å². The van der Waals surface area contributed by atoms with Crippen LogP contribution in [0.5, 0.6) is 5.75 Å². The second kappa shape index (κ2) is 11.7. The number of fused-ring (bicyclic) bond motifs is 1. The number of thioether (sulfide) groups is 1. The Balaban J connectivity index is 1.34. The first-order valence-corrected chi connectivity index (χ1v) is 15.2. The minimum atomic E-state index is -0.194. The second-order valence-corrected chi connectivity index (χ2v) is 11.4. The standard InChI is InChI=1S/C36H28N4O3S/c1-24-16-18-29(19-17-24)44-23-31-30(36(41)40(37-31)28-13-7-4-8-14-28)20-26-22-39(27-11-5-3-6-12-27)38-34(26)33-21-25-10-9-15-32(42-2)35(25)43-33/h3-22H,23H2,1-2H3. The Morgan fingerprint density at radius 3 is 2.34 bits per heavy atom. The van der Waals surface area contributed by atoms with Crippen molar-refractivity contribution in [1.29, 1.82) is 0 Å². The summed E-state index contributed by atoms with van der Waals surface area (Å²) >= 11 is 1.65. The van der Waals surface area contributed by atoms with Gasteiger partial charge >= 0.3 is 0 Å². The van der Waals surface area contributed by atoms with Gasteiger partial charge in [0, 0.05) is 27.8 Å². The van der Waals surface area contributed by atoms with Crippen molar-refractivity contribution in [2.75, 3.05) is 17.9 Å². The zero-order valence-corrected chi connectivity index (χ0v) is 25.0. The summed E-state index contributed by atoms with van der Waals surface area (Å²) in [5.41, 5.74) is 5.98. The predicted molar refractivity (Wildman–Crippen MR) is 177 cm³/mol. The lowest BCUT2D eigenvalue weighted by Gasteiger charge is -2.10. The van der Waals surface area contributed by atoms with E-state index in [0.29, 0.717) is 45.5 Å². The highest BCUT2D eigenvalue weighted by atomic mass is 32.2. The summed E-state index contributed by atoms with van der Waals surface area (Å²) in [5.74, 6) is 1.54. The summed E-state index contributed by atoms with van der Waals surface area (Å²) in [5, 5.41) is 12.1. The van der Waals surface area contributed by atoms with Gasteiger partial charge in [0.25, 0.3) is 5.91 Å². The number of para-hydroxylation sites is 3. The smallest absolute Gasteiger partial charge is 0.280 e. The van der Waals surface area contributed by atoms with Gasteiger partial charge in [-0.05, 0) is 61.5 Å². The number of ether oxygens (including phenoxy) is 1. The maximum atomic E-state index is 14.0. The maximum Gasteiger partial charge on any atom is 0.280 e. The van der Waals surface area contributed by atoms with Crippen molar-refractivity contribution in [3.8, 4) is 22.9 Å². The Kier molecular flexibility index (Phi) is 7.33. The van der Waals surface area contributed by atoms with E-state index in [9.17, 15) is 4.79 Å². The molecule has 6 aromatic rings. The lowest BCUT2D eigenvalue weighted by atomic mass is 10.1. The topological polar surface area (TPSA) is 72.9 Å². The molecule has 44 heavy (non-hydrogen) atoms. The van der Waals surface area contributed by atoms with Gasteiger partial charge in [-0.1, -0.05) is 66.2 Å². The van der Waals surface area contributed by atoms with Crippen LogP contribution in [-0.4, -0.2) is 34.3 Å². The number of rotatable bonds is 8. The van der Waals surface area contributed by atoms with E-state index in [-0.39, 0.29) is 5.91 Å². The van der Waals surface area contributed by atoms with E-state index in [1.54, 1.807) is 23.6 Å². The summed E-state index contributed by atoms with van der Waals surface area (Å²) in [7, 11) is 1.62. The lowest BCUT2D eigenvalue weighted by molar-refractivity contribution is -0.114. The van der Waals surface area contributed by atoms with E-state index < -0.39 is 0 Å². The molecule has 216 valence electrons. The third kappa shape index (κ3) is 5.31. The molecule has 0 spiro atoms. The van der Waals surface area contributed by atoms with E-state index in [1.165, 1.54) is 10.6 Å². The molecule has 1 aliphatic rings. The van der Waals surface area contributed by atoms with Crippen LogP contribution in [0.2, 0.25) is 0 Å². The Morgan fingerprint density at radius 2 is 1.61 bits per heavy atom. The van der Waals surface area contributed by atoms with E-state index in [1.807, 2.05) is 97.2 Å². The number of hydrazone groups is 1. The fraction of sp³-hybridized carbons (Fsp3) is 0.0833. The number of aromatic nitrogens is 2. The van der Waals surface area contributed by atoms with Crippen molar-refractivity contribution in [2.24, 2.45) is 5.10 Å². The fourth-order valence-electron chi connectivity index (χ4n) is 5.11. The molecule has 7 nitrogen and oxygen atoms in total. The highest BCUT2D eigenvalue weighted by Crippen LogP contribution is 2.36. The molecule has 7 rings (SSSR count). The first-order chi connectivity index (χ1) is 21.6. The highest BCUT2D eigenvalue weighted by Gasteiger charge is 2.32. The molecule has 0 saturated heterocycles. The van der Waals surface area contributed by atoms with Gasteiger partial charge < -0.3 is 9.15 Å². The Morgan fingerprint density at radius 1 is 0.886 bits per heavy atom. The molecular weight excluding hydrogens is 568 g/mol. The molecule has 0 unspecified atom stereocenters. The van der Waals surface area contributed by atoms with Crippen LogP contribution >= 0.6 is 11.8 Å². The van der Waals surface area contributed by atoms with Gasteiger partial charge in [-0.15, -0.1) is 11.8 Å². The van der Waals surface area contributed by atoms with Crippen molar-refractivity contribution in [1.82, 2.24) is 9.78 Å². The Hall–Kier alpha value is -5.34. The normalized spacial score (nSPS) is 14.0. The van der Waals surface area contributed by atoms with Crippen LogP contribution < -0.4 is 9.75 Å². The van der Waals surface area contributed by atoms with Crippen molar-refractivity contribution in [3.63, 3.8) is 0 Å². The van der Waals surface area contributed by atoms with Gasteiger partial charge in [0.2, 0.25) is 0 Å². The molecule has 0 fully saturated rings. The van der Waals surface area contributed by atoms with Crippen LogP contribution in [0.15, 0.2) is 135 Å². The molecule has 1 amide bonds. The van der Waals surface area contributed by atoms with Crippen molar-refractivity contribution >= 4 is 46.1 Å². The zero-order valence-electron chi connectivity index (χ0n) is 24.2. The quantitative estimate of drug-likeness (QED) is 0.131. The summed E-state index contributed by atoms with van der Waals surface area (Å²) in [6, 6.07) is 35.4. The number of aryl methyl sites for hydroxylation is 1. The number of amides is 1. The third-order valence-electron chi connectivity index (χ3n) is 7.38. The van der Waals surface area contributed by atoms with Gasteiger partial charge in [-0.3, -0.25) is 4.79 Å². The molecule has 2 aromatic heterocycles. The fourth-order valence-corrected chi connectivity index (χ4v) is 5.95. The molecule has 1 aliphatic heterocycles. The first kappa shape index (κ1) is 27.5. The highest BCUT2D eigenvalue weighted by molar-refractivity contribution is 8.00. The summed E-state index contributed by atoms with van der Waals surface area (Å²) in [6.07, 6.45) is 3.80. The molecule has 0 N–H and O–H groups in total. The van der Waals surface area contributed by atoms with Crippen LogP contribution in [0.3, 0.4) is 0 Å². The number of carbonyl (C=O) groups excluding carboxylic acids is 1. The maximum absolute atomic E-state index is 14.0. The van der Waals surface area contributed by atoms with Crippen molar-refractivity contribution in [2.45, 2.75) is 11.8 Å². The van der Waals surface area contributed by atoms with Gasteiger partial charge in [-0.2, -0.15) is 15.2 Å². The molecule has 0 radical (unpaired) electrons. The number of benzene rings is 4. The van der Waals surface area contributed by atoms with Gasteiger partial charge in [-0.25, -0.2) is 4.68 Å². The summed E-state index contributed by atoms with van der Waals surface area (Å²) < 4.78 is 13.7. The molecule has 4 aromatic carbocycles. The molecule has 0 aliphatic carbocycles. The number of anilines is 1. The minimum absolute atomic E-state index is 0.194. The van der Waals surface area contributed by atoms with Crippen LogP contribution in [0.1, 0.15) is 11.1 Å². The van der Waals surface area contributed by atoms with Crippen LogP contribution in [0, 0.1) is 6.92 Å². The van der Waals surface area contributed by atoms with Crippen LogP contribution in [0.4, 0.5) is 5.69 Å². The molecule has 0 saturated carbocycles. The Labute approximate surface area is 259 Å². The first-order valence-electron chi connectivity index (χ1n) is 14.2. The lowest BCUT2D eigenvalue weighted by Crippen LogP contribution is -2.21. The van der Waals surface area contributed by atoms with E-state index in [0.717, 1.165) is 21.5 Å². The average molecular weight is 597 g/mol. The van der Waals surface area contributed by atoms with Crippen LogP contribution in [0.25, 0.3) is 34.2 Å². The minimum Gasteiger partial charge on any atom is -0.493 e. The molecule has 3 heterocycles. The predicted octanol–water partition coefficient (Wildman–Crippen LogP) is 8.18. The monoisotopic (exact) mass is 596 g/mol. The average Bonchev–Trinajstić information content (AvgIpc) is 3.77. The summed E-state index contributed by atoms with van der Waals surface area (Å²) in [6.45, 7) is 2.07. The molecular formula is C36H28N4O3S. The molecule has 0 bridgehead atoms. The Bertz CT molecular complexity index is 2030. The second-order valence-electron chi connectivity index (χ2n) is 10.4. The SMILES string of the molecule is COc1cccc2cc(-c3nn(-c4ccccc4)cc3C=C3C(=O)N(c4ccccc4)N=C3CSc3ccc(C)cc3)oc12. The number of nitrogens with zero attached hydrogens (tertiary/aromatic N) is 4. The largest absolute Gasteiger partial charge is 0.493 e. The number of methoxy groups -OCH3 is 1. The third-order valence-corrected chi connectivity index (χ3v) is 8.40. The zero-order chi connectivity index (χ0) is 30.0. The van der Waals surface area contributed by atoms with E-state index in [2.05, 4.69) is 31.2 Å². The number of furan rings is 1. The van der Waals surface area contributed by atoms with E-state index in [4.69, 9.17) is 19.4 Å². The van der Waals surface area contributed by atoms with Crippen LogP contribution in [-0.2, 0) is 4.79 Å².